The molecular formula is C3H6F6P-. The van der Waals surface area contributed by atoms with Gasteiger partial charge >= 0.3 is 51.9 Å². The first-order valence-corrected chi connectivity index (χ1v) is 5.44. The van der Waals surface area contributed by atoms with Crippen molar-refractivity contribution >= 4 is 6.88 Å². The Morgan fingerprint density at radius 3 is 1.00 bits per heavy atom. The molecule has 0 saturated carbocycles. The predicted molar refractivity (Wildman–Crippen MR) is 28.1 cm³/mol. The van der Waals surface area contributed by atoms with Crippen LogP contribution in [-0.4, -0.2) is 19.2 Å². The summed E-state index contributed by atoms with van der Waals surface area (Å²) in [4.78, 5) is 0. The van der Waals surface area contributed by atoms with Gasteiger partial charge in [0.25, 0.3) is 0 Å². The maximum absolute atomic E-state index is 11.9. The van der Waals surface area contributed by atoms with Gasteiger partial charge in [-0.1, -0.05) is 0 Å². The molecule has 0 aliphatic carbocycles. The third kappa shape index (κ3) is 1.75. The van der Waals surface area contributed by atoms with Crippen LogP contribution in [0, 0.1) is 0 Å². The maximum atomic E-state index is 11.9. The summed E-state index contributed by atoms with van der Waals surface area (Å²) in [6.45, 7) is -9.81. The SMILES string of the molecule is C[P-](C)(F)(F)(F)C(F)(F)F. The number of alkyl halides is 3. The van der Waals surface area contributed by atoms with Crippen molar-refractivity contribution in [2.75, 3.05) is 13.3 Å². The number of hydrogen-bond donors (Lipinski definition) is 0. The van der Waals surface area contributed by atoms with Crippen molar-refractivity contribution in [3.63, 3.8) is 0 Å². The summed E-state index contributed by atoms with van der Waals surface area (Å²) < 4.78 is 69.6. The Bertz CT molecular complexity index is 143. The second kappa shape index (κ2) is 1.31. The standard InChI is InChI=1S/C3H6F6P/c1-10(2,7,8,9)3(4,5)6/h1-2H3/q-1. The zero-order valence-corrected chi connectivity index (χ0v) is 6.11. The third-order valence-electron chi connectivity index (χ3n) is 0.795. The molecule has 0 atom stereocenters. The van der Waals surface area contributed by atoms with Gasteiger partial charge in [0.15, 0.2) is 0 Å². The van der Waals surface area contributed by atoms with E-state index in [4.69, 9.17) is 0 Å². The van der Waals surface area contributed by atoms with Gasteiger partial charge < -0.3 is 0 Å². The Kier molecular flexibility index (Phi) is 1.31. The van der Waals surface area contributed by atoms with Gasteiger partial charge in [0.2, 0.25) is 0 Å². The van der Waals surface area contributed by atoms with Gasteiger partial charge in [-0.25, -0.2) is 0 Å². The van der Waals surface area contributed by atoms with E-state index in [9.17, 15) is 25.8 Å². The molecule has 0 saturated heterocycles. The van der Waals surface area contributed by atoms with E-state index in [0.717, 1.165) is 0 Å². The molecule has 0 spiro atoms. The van der Waals surface area contributed by atoms with Crippen LogP contribution in [-0.2, 0) is 0 Å². The number of rotatable bonds is 0. The Labute approximate surface area is 53.1 Å². The quantitative estimate of drug-likeness (QED) is 0.402. The van der Waals surface area contributed by atoms with Crippen molar-refractivity contribution in [3.05, 3.63) is 0 Å². The Balaban J connectivity index is 5.14. The van der Waals surface area contributed by atoms with Crippen LogP contribution in [0.2, 0.25) is 0 Å². The van der Waals surface area contributed by atoms with Crippen LogP contribution in [0.1, 0.15) is 0 Å². The van der Waals surface area contributed by atoms with E-state index in [1.807, 2.05) is 0 Å². The van der Waals surface area contributed by atoms with E-state index in [0.29, 0.717) is 0 Å². The van der Waals surface area contributed by atoms with E-state index in [-0.39, 0.29) is 0 Å². The van der Waals surface area contributed by atoms with Gasteiger partial charge in [0, 0.05) is 0 Å². The molecule has 0 aromatic carbocycles. The molecule has 0 nitrogen and oxygen atoms in total. The average molecular weight is 187 g/mol. The molecule has 0 N–H and O–H groups in total. The second-order valence-corrected chi connectivity index (χ2v) is 8.04. The Hall–Kier alpha value is 0.01000. The van der Waals surface area contributed by atoms with Crippen LogP contribution in [0.5, 0.6) is 0 Å². The van der Waals surface area contributed by atoms with Gasteiger partial charge in [-0.2, -0.15) is 0 Å². The zero-order chi connectivity index (χ0) is 8.91. The molecule has 0 bridgehead atoms. The third-order valence-corrected chi connectivity index (χ3v) is 2.38. The monoisotopic (exact) mass is 187 g/mol. The van der Waals surface area contributed by atoms with Gasteiger partial charge in [0.05, 0.1) is 0 Å². The van der Waals surface area contributed by atoms with Gasteiger partial charge in [0.1, 0.15) is 0 Å². The molecular weight excluding hydrogens is 181 g/mol. The minimum atomic E-state index is -8.46. The summed E-state index contributed by atoms with van der Waals surface area (Å²) in [5.41, 5.74) is 0. The molecule has 0 aliphatic rings. The van der Waals surface area contributed by atoms with Crippen molar-refractivity contribution in [2.24, 2.45) is 0 Å². The van der Waals surface area contributed by atoms with Gasteiger partial charge in [-0.05, 0) is 0 Å². The Morgan fingerprint density at radius 2 is 1.00 bits per heavy atom. The fraction of sp³-hybridized carbons (Fsp3) is 1.00. The first kappa shape index (κ1) is 10.0. The van der Waals surface area contributed by atoms with E-state index in [2.05, 4.69) is 0 Å². The molecule has 0 unspecified atom stereocenters. The van der Waals surface area contributed by atoms with Crippen LogP contribution in [0.25, 0.3) is 0 Å². The molecule has 10 heavy (non-hydrogen) atoms. The topological polar surface area (TPSA) is 0 Å². The average Bonchev–Trinajstić information content (AvgIpc) is 1.16. The van der Waals surface area contributed by atoms with Gasteiger partial charge in [-0.15, -0.1) is 0 Å². The molecule has 0 amide bonds. The molecule has 0 radical (unpaired) electrons. The first-order chi connectivity index (χ1) is 3.75. The van der Waals surface area contributed by atoms with Crippen molar-refractivity contribution < 1.29 is 25.8 Å². The molecule has 0 fully saturated rings. The fourth-order valence-corrected chi connectivity index (χ4v) is 0. The Morgan fingerprint density at radius 1 is 0.900 bits per heavy atom. The molecule has 7 heteroatoms. The molecule has 0 aromatic heterocycles. The van der Waals surface area contributed by atoms with Crippen molar-refractivity contribution in [2.45, 2.75) is 5.92 Å². The number of halogens is 6. The predicted octanol–water partition coefficient (Wildman–Crippen LogP) is 3.51. The molecule has 0 rings (SSSR count). The normalized spacial score (nSPS) is 21.6. The molecule has 0 heterocycles. The minimum absolute atomic E-state index is 0.676. The van der Waals surface area contributed by atoms with E-state index in [1.165, 1.54) is 0 Å². The van der Waals surface area contributed by atoms with E-state index in [1.54, 1.807) is 0 Å². The van der Waals surface area contributed by atoms with Gasteiger partial charge in [-0.3, -0.25) is 0 Å². The second-order valence-electron chi connectivity index (χ2n) is 2.82. The molecule has 0 aliphatic heterocycles. The first-order valence-electron chi connectivity index (χ1n) is 2.19. The summed E-state index contributed by atoms with van der Waals surface area (Å²) in [7, 11) is 0. The van der Waals surface area contributed by atoms with E-state index < -0.39 is 26.1 Å². The fourth-order valence-electron chi connectivity index (χ4n) is 0. The van der Waals surface area contributed by atoms with Crippen LogP contribution in [0.4, 0.5) is 25.8 Å². The summed E-state index contributed by atoms with van der Waals surface area (Å²) in [5.74, 6) is -6.05. The number of hydrogen-bond acceptors (Lipinski definition) is 0. The summed E-state index contributed by atoms with van der Waals surface area (Å²) in [6, 6.07) is 0. The van der Waals surface area contributed by atoms with Crippen molar-refractivity contribution in [1.82, 2.24) is 0 Å². The van der Waals surface area contributed by atoms with E-state index >= 15 is 0 Å². The van der Waals surface area contributed by atoms with Crippen molar-refractivity contribution in [3.8, 4) is 0 Å². The van der Waals surface area contributed by atoms with Crippen molar-refractivity contribution in [1.29, 1.82) is 0 Å². The molecule has 0 aromatic rings. The summed E-state index contributed by atoms with van der Waals surface area (Å²) in [5, 5.41) is 0. The molecule has 66 valence electrons. The van der Waals surface area contributed by atoms with Crippen LogP contribution < -0.4 is 0 Å². The van der Waals surface area contributed by atoms with Crippen LogP contribution in [0.3, 0.4) is 0 Å². The summed E-state index contributed by atoms with van der Waals surface area (Å²) >= 11 is 0. The summed E-state index contributed by atoms with van der Waals surface area (Å²) in [6.07, 6.45) is 0. The zero-order valence-electron chi connectivity index (χ0n) is 5.22. The van der Waals surface area contributed by atoms with Crippen LogP contribution >= 0.6 is 6.88 Å². The van der Waals surface area contributed by atoms with Crippen LogP contribution in [0.15, 0.2) is 0 Å².